The molecular formula is C25H31FN2O4S. The second-order valence-corrected chi connectivity index (χ2v) is 10.8. The van der Waals surface area contributed by atoms with Gasteiger partial charge in [-0.05, 0) is 68.0 Å². The number of hydrogen-bond donors (Lipinski definition) is 0. The van der Waals surface area contributed by atoms with Crippen LogP contribution in [0.15, 0.2) is 47.4 Å². The zero-order valence-electron chi connectivity index (χ0n) is 19.0. The molecule has 0 saturated carbocycles. The van der Waals surface area contributed by atoms with E-state index in [1.165, 1.54) is 22.5 Å². The molecule has 2 heterocycles. The number of carbonyl (C=O) groups is 1. The molecule has 2 aliphatic heterocycles. The third-order valence-electron chi connectivity index (χ3n) is 6.37. The molecule has 0 bridgehead atoms. The standard InChI is InChI=1S/C25H31FN2O4S/c1-19-10-11-21(16-24(19)33(30,31)28-12-3-2-4-13-28)25(29)27(18-23-9-6-14-32-23)17-20-7-5-8-22(26)15-20/h5,7-8,10-11,15-16,23H,2-4,6,9,12-14,17-18H2,1H3. The number of carbonyl (C=O) groups excluding carboxylic acids is 1. The Morgan fingerprint density at radius 1 is 1.12 bits per heavy atom. The van der Waals surface area contributed by atoms with Crippen molar-refractivity contribution in [3.63, 3.8) is 0 Å². The number of ether oxygens (including phenoxy) is 1. The van der Waals surface area contributed by atoms with Gasteiger partial charge in [-0.2, -0.15) is 4.31 Å². The minimum Gasteiger partial charge on any atom is -0.376 e. The summed E-state index contributed by atoms with van der Waals surface area (Å²) < 4.78 is 47.6. The molecule has 1 atom stereocenters. The van der Waals surface area contributed by atoms with Gasteiger partial charge < -0.3 is 9.64 Å². The van der Waals surface area contributed by atoms with E-state index in [9.17, 15) is 17.6 Å². The molecule has 2 saturated heterocycles. The van der Waals surface area contributed by atoms with E-state index in [0.29, 0.717) is 42.9 Å². The van der Waals surface area contributed by atoms with E-state index in [4.69, 9.17) is 4.74 Å². The van der Waals surface area contributed by atoms with Crippen LogP contribution in [-0.4, -0.2) is 55.9 Å². The summed E-state index contributed by atoms with van der Waals surface area (Å²) in [6, 6.07) is 11.0. The number of hydrogen-bond acceptors (Lipinski definition) is 4. The van der Waals surface area contributed by atoms with E-state index in [1.807, 2.05) is 0 Å². The lowest BCUT2D eigenvalue weighted by atomic mass is 10.1. The molecule has 1 unspecified atom stereocenters. The van der Waals surface area contributed by atoms with E-state index < -0.39 is 10.0 Å². The maximum atomic E-state index is 13.8. The molecule has 0 aromatic heterocycles. The first-order valence-corrected chi connectivity index (χ1v) is 13.0. The summed E-state index contributed by atoms with van der Waals surface area (Å²) in [6.45, 7) is 4.02. The van der Waals surface area contributed by atoms with Crippen molar-refractivity contribution in [1.82, 2.24) is 9.21 Å². The highest BCUT2D eigenvalue weighted by Gasteiger charge is 2.29. The molecule has 0 N–H and O–H groups in total. The van der Waals surface area contributed by atoms with Crippen LogP contribution in [0.2, 0.25) is 0 Å². The highest BCUT2D eigenvalue weighted by molar-refractivity contribution is 7.89. The molecule has 1 amide bonds. The van der Waals surface area contributed by atoms with Crippen LogP contribution in [0, 0.1) is 12.7 Å². The van der Waals surface area contributed by atoms with Gasteiger partial charge in [-0.15, -0.1) is 0 Å². The molecule has 178 valence electrons. The zero-order chi connectivity index (χ0) is 23.4. The number of nitrogens with zero attached hydrogens (tertiary/aromatic N) is 2. The van der Waals surface area contributed by atoms with Gasteiger partial charge in [0.25, 0.3) is 5.91 Å². The quantitative estimate of drug-likeness (QED) is 0.605. The third-order valence-corrected chi connectivity index (χ3v) is 8.41. The summed E-state index contributed by atoms with van der Waals surface area (Å²) in [7, 11) is -3.67. The summed E-state index contributed by atoms with van der Waals surface area (Å²) in [5, 5.41) is 0. The first-order chi connectivity index (χ1) is 15.8. The fourth-order valence-corrected chi connectivity index (χ4v) is 6.31. The van der Waals surface area contributed by atoms with Crippen LogP contribution in [0.4, 0.5) is 4.39 Å². The normalized spacial score (nSPS) is 19.5. The SMILES string of the molecule is Cc1ccc(C(=O)N(Cc2cccc(F)c2)CC2CCCO2)cc1S(=O)(=O)N1CCCCC1. The summed E-state index contributed by atoms with van der Waals surface area (Å²) in [6.07, 6.45) is 4.44. The summed E-state index contributed by atoms with van der Waals surface area (Å²) in [5.41, 5.74) is 1.60. The van der Waals surface area contributed by atoms with Gasteiger partial charge in [0, 0.05) is 38.3 Å². The van der Waals surface area contributed by atoms with Crippen molar-refractivity contribution in [1.29, 1.82) is 0 Å². The van der Waals surface area contributed by atoms with Crippen molar-refractivity contribution in [2.45, 2.75) is 56.6 Å². The largest absolute Gasteiger partial charge is 0.376 e. The average molecular weight is 475 g/mol. The predicted molar refractivity (Wildman–Crippen MR) is 124 cm³/mol. The van der Waals surface area contributed by atoms with Gasteiger partial charge in [0.05, 0.1) is 11.0 Å². The maximum absolute atomic E-state index is 13.8. The number of piperidine rings is 1. The number of halogens is 1. The molecule has 4 rings (SSSR count). The van der Waals surface area contributed by atoms with Crippen LogP contribution in [0.3, 0.4) is 0 Å². The molecule has 2 aliphatic rings. The van der Waals surface area contributed by atoms with Crippen LogP contribution < -0.4 is 0 Å². The van der Waals surface area contributed by atoms with Gasteiger partial charge in [0.15, 0.2) is 0 Å². The molecule has 2 aromatic carbocycles. The zero-order valence-corrected chi connectivity index (χ0v) is 19.8. The second kappa shape index (κ2) is 10.3. The lowest BCUT2D eigenvalue weighted by Crippen LogP contribution is -2.38. The van der Waals surface area contributed by atoms with Crippen molar-refractivity contribution < 1.29 is 22.3 Å². The molecule has 0 spiro atoms. The molecule has 2 fully saturated rings. The van der Waals surface area contributed by atoms with E-state index in [0.717, 1.165) is 32.1 Å². The number of amides is 1. The Morgan fingerprint density at radius 2 is 1.91 bits per heavy atom. The molecule has 8 heteroatoms. The minimum absolute atomic E-state index is 0.0792. The Kier molecular flexibility index (Phi) is 7.46. The fourth-order valence-electron chi connectivity index (χ4n) is 4.55. The fraction of sp³-hybridized carbons (Fsp3) is 0.480. The minimum atomic E-state index is -3.67. The van der Waals surface area contributed by atoms with Crippen LogP contribution in [0.25, 0.3) is 0 Å². The topological polar surface area (TPSA) is 66.9 Å². The van der Waals surface area contributed by atoms with Gasteiger partial charge in [0.1, 0.15) is 5.82 Å². The second-order valence-electron chi connectivity index (χ2n) is 8.90. The van der Waals surface area contributed by atoms with Crippen LogP contribution in [-0.2, 0) is 21.3 Å². The number of sulfonamides is 1. The monoisotopic (exact) mass is 474 g/mol. The van der Waals surface area contributed by atoms with Gasteiger partial charge in [-0.1, -0.05) is 24.6 Å². The third kappa shape index (κ3) is 5.62. The predicted octanol–water partition coefficient (Wildman–Crippen LogP) is 4.13. The van der Waals surface area contributed by atoms with Crippen molar-refractivity contribution in [2.24, 2.45) is 0 Å². The summed E-state index contributed by atoms with van der Waals surface area (Å²) in [5.74, 6) is -0.646. The van der Waals surface area contributed by atoms with E-state index in [2.05, 4.69) is 0 Å². The Bertz CT molecular complexity index is 1090. The summed E-state index contributed by atoms with van der Waals surface area (Å²) >= 11 is 0. The highest BCUT2D eigenvalue weighted by atomic mass is 32.2. The maximum Gasteiger partial charge on any atom is 0.254 e. The van der Waals surface area contributed by atoms with Crippen LogP contribution >= 0.6 is 0 Å². The Morgan fingerprint density at radius 3 is 2.61 bits per heavy atom. The number of aryl methyl sites for hydroxylation is 1. The lowest BCUT2D eigenvalue weighted by molar-refractivity contribution is 0.0507. The molecular weight excluding hydrogens is 443 g/mol. The molecule has 0 aliphatic carbocycles. The van der Waals surface area contributed by atoms with Gasteiger partial charge >= 0.3 is 0 Å². The highest BCUT2D eigenvalue weighted by Crippen LogP contribution is 2.26. The Hall–Kier alpha value is -2.29. The van der Waals surface area contributed by atoms with E-state index in [1.54, 1.807) is 36.1 Å². The van der Waals surface area contributed by atoms with Crippen LogP contribution in [0.1, 0.15) is 53.6 Å². The first kappa shape index (κ1) is 23.9. The van der Waals surface area contributed by atoms with Gasteiger partial charge in [-0.25, -0.2) is 12.8 Å². The molecule has 6 nitrogen and oxygen atoms in total. The Balaban J connectivity index is 1.63. The number of benzene rings is 2. The molecule has 33 heavy (non-hydrogen) atoms. The van der Waals surface area contributed by atoms with Gasteiger partial charge in [0.2, 0.25) is 10.0 Å². The average Bonchev–Trinajstić information content (AvgIpc) is 3.32. The van der Waals surface area contributed by atoms with Crippen molar-refractivity contribution >= 4 is 15.9 Å². The van der Waals surface area contributed by atoms with Crippen molar-refractivity contribution in [3.05, 3.63) is 65.0 Å². The Labute approximate surface area is 195 Å². The smallest absolute Gasteiger partial charge is 0.254 e. The van der Waals surface area contributed by atoms with Crippen molar-refractivity contribution in [2.75, 3.05) is 26.2 Å². The lowest BCUT2D eigenvalue weighted by Gasteiger charge is -2.28. The van der Waals surface area contributed by atoms with Crippen LogP contribution in [0.5, 0.6) is 0 Å². The van der Waals surface area contributed by atoms with Crippen molar-refractivity contribution in [3.8, 4) is 0 Å². The number of rotatable bonds is 7. The van der Waals surface area contributed by atoms with E-state index >= 15 is 0 Å². The summed E-state index contributed by atoms with van der Waals surface area (Å²) in [4.78, 5) is 15.4. The first-order valence-electron chi connectivity index (χ1n) is 11.6. The van der Waals surface area contributed by atoms with Gasteiger partial charge in [-0.3, -0.25) is 4.79 Å². The molecule has 0 radical (unpaired) electrons. The molecule has 2 aromatic rings. The van der Waals surface area contributed by atoms with E-state index in [-0.39, 0.29) is 29.3 Å².